The number of pyridine rings is 1. The summed E-state index contributed by atoms with van der Waals surface area (Å²) in [5, 5.41) is 10.5. The van der Waals surface area contributed by atoms with Gasteiger partial charge in [-0.25, -0.2) is 12.8 Å². The van der Waals surface area contributed by atoms with Crippen LogP contribution in [-0.2, 0) is 9.84 Å². The van der Waals surface area contributed by atoms with Crippen LogP contribution in [0, 0.1) is 17.1 Å². The third kappa shape index (κ3) is 3.52. The summed E-state index contributed by atoms with van der Waals surface area (Å²) in [5.41, 5.74) is 1.11. The molecule has 0 fully saturated rings. The van der Waals surface area contributed by atoms with Crippen molar-refractivity contribution in [1.82, 2.24) is 4.98 Å². The van der Waals surface area contributed by atoms with Gasteiger partial charge in [0.2, 0.25) is 9.84 Å². The third-order valence-electron chi connectivity index (χ3n) is 4.57. The van der Waals surface area contributed by atoms with Gasteiger partial charge in [0.05, 0.1) is 20.9 Å². The lowest BCUT2D eigenvalue weighted by Gasteiger charge is -2.14. The van der Waals surface area contributed by atoms with Crippen molar-refractivity contribution in [1.29, 1.82) is 5.26 Å². The van der Waals surface area contributed by atoms with Crippen LogP contribution in [-0.4, -0.2) is 13.4 Å². The molecule has 0 N–H and O–H groups in total. The molecule has 4 aromatic rings. The Balaban J connectivity index is 2.07. The molecule has 3 aromatic carbocycles. The van der Waals surface area contributed by atoms with E-state index in [9.17, 15) is 12.8 Å². The molecule has 0 unspecified atom stereocenters. The predicted molar refractivity (Wildman–Crippen MR) is 114 cm³/mol. The van der Waals surface area contributed by atoms with Gasteiger partial charge < -0.3 is 0 Å². The summed E-state index contributed by atoms with van der Waals surface area (Å²) in [6, 6.07) is 16.5. The number of rotatable bonds is 3. The number of halogens is 3. The zero-order valence-electron chi connectivity index (χ0n) is 15.1. The Bertz CT molecular complexity index is 1460. The molecular formula is C22H11Cl2FN2O2S. The summed E-state index contributed by atoms with van der Waals surface area (Å²) in [7, 11) is -4.14. The van der Waals surface area contributed by atoms with E-state index in [0.29, 0.717) is 32.1 Å². The van der Waals surface area contributed by atoms with Gasteiger partial charge in [0.25, 0.3) is 0 Å². The minimum atomic E-state index is -4.14. The Morgan fingerprint density at radius 3 is 2.47 bits per heavy atom. The van der Waals surface area contributed by atoms with Crippen LogP contribution in [0.1, 0.15) is 5.56 Å². The number of sulfone groups is 1. The molecule has 0 radical (unpaired) electrons. The summed E-state index contributed by atoms with van der Waals surface area (Å²) in [4.78, 5) is 3.97. The highest BCUT2D eigenvalue weighted by Crippen LogP contribution is 2.38. The Morgan fingerprint density at radius 2 is 1.73 bits per heavy atom. The van der Waals surface area contributed by atoms with E-state index in [1.54, 1.807) is 48.5 Å². The van der Waals surface area contributed by atoms with Crippen LogP contribution >= 0.6 is 23.2 Å². The fourth-order valence-corrected chi connectivity index (χ4v) is 5.00. The minimum Gasteiger partial charge on any atom is -0.255 e. The Labute approximate surface area is 182 Å². The zero-order valence-corrected chi connectivity index (χ0v) is 17.4. The largest absolute Gasteiger partial charge is 0.255 e. The first-order valence-electron chi connectivity index (χ1n) is 8.60. The summed E-state index contributed by atoms with van der Waals surface area (Å²) in [6.07, 6.45) is 1.24. The first kappa shape index (κ1) is 20.3. The van der Waals surface area contributed by atoms with E-state index >= 15 is 0 Å². The lowest BCUT2D eigenvalue weighted by molar-refractivity contribution is 0.594. The fourth-order valence-electron chi connectivity index (χ4n) is 3.18. The summed E-state index contributed by atoms with van der Waals surface area (Å²) < 4.78 is 40.7. The number of aromatic nitrogens is 1. The van der Waals surface area contributed by atoms with Crippen LogP contribution in [0.3, 0.4) is 0 Å². The molecule has 0 amide bonds. The second kappa shape index (κ2) is 7.69. The molecule has 0 saturated heterocycles. The molecule has 8 heteroatoms. The van der Waals surface area contributed by atoms with E-state index in [2.05, 4.69) is 4.98 Å². The Morgan fingerprint density at radius 1 is 0.967 bits per heavy atom. The van der Waals surface area contributed by atoms with E-state index in [1.807, 2.05) is 0 Å². The molecule has 148 valence electrons. The quantitative estimate of drug-likeness (QED) is 0.351. The van der Waals surface area contributed by atoms with Gasteiger partial charge in [-0.2, -0.15) is 5.26 Å². The van der Waals surface area contributed by atoms with Crippen molar-refractivity contribution in [2.45, 2.75) is 9.79 Å². The van der Waals surface area contributed by atoms with Gasteiger partial charge in [0.15, 0.2) is 0 Å². The molecule has 4 rings (SSSR count). The van der Waals surface area contributed by atoms with Gasteiger partial charge >= 0.3 is 0 Å². The average Bonchev–Trinajstić information content (AvgIpc) is 2.72. The maximum atomic E-state index is 13.7. The first-order chi connectivity index (χ1) is 14.3. The highest BCUT2D eigenvalue weighted by atomic mass is 35.5. The lowest BCUT2D eigenvalue weighted by atomic mass is 10.0. The van der Waals surface area contributed by atoms with Gasteiger partial charge in [0.1, 0.15) is 11.9 Å². The van der Waals surface area contributed by atoms with Gasteiger partial charge in [-0.1, -0.05) is 41.4 Å². The average molecular weight is 457 g/mol. The van der Waals surface area contributed by atoms with Crippen LogP contribution in [0.15, 0.2) is 76.7 Å². The van der Waals surface area contributed by atoms with E-state index in [1.165, 1.54) is 6.20 Å². The molecule has 0 saturated carbocycles. The normalized spacial score (nSPS) is 11.4. The molecular weight excluding hydrogens is 446 g/mol. The van der Waals surface area contributed by atoms with E-state index < -0.39 is 15.7 Å². The second-order valence-electron chi connectivity index (χ2n) is 6.43. The third-order valence-corrected chi connectivity index (χ3v) is 6.80. The smallest absolute Gasteiger partial charge is 0.208 e. The van der Waals surface area contributed by atoms with Crippen molar-refractivity contribution in [3.63, 3.8) is 0 Å². The summed E-state index contributed by atoms with van der Waals surface area (Å²) >= 11 is 12.2. The molecule has 0 bridgehead atoms. The Kier molecular flexibility index (Phi) is 5.20. The highest BCUT2D eigenvalue weighted by Gasteiger charge is 2.26. The van der Waals surface area contributed by atoms with E-state index in [0.717, 1.165) is 18.2 Å². The van der Waals surface area contributed by atoms with Crippen LogP contribution in [0.2, 0.25) is 10.0 Å². The molecule has 1 heterocycles. The van der Waals surface area contributed by atoms with Crippen molar-refractivity contribution >= 4 is 43.9 Å². The Hall–Kier alpha value is -2.98. The second-order valence-corrected chi connectivity index (χ2v) is 9.22. The number of nitriles is 1. The zero-order chi connectivity index (χ0) is 21.5. The predicted octanol–water partition coefficient (Wildman–Crippen LogP) is 6.05. The van der Waals surface area contributed by atoms with Gasteiger partial charge in [0, 0.05) is 27.2 Å². The van der Waals surface area contributed by atoms with Crippen LogP contribution in [0.4, 0.5) is 4.39 Å². The lowest BCUT2D eigenvalue weighted by Crippen LogP contribution is -2.06. The molecule has 4 nitrogen and oxygen atoms in total. The molecule has 1 aromatic heterocycles. The fraction of sp³-hybridized carbons (Fsp3) is 0. The van der Waals surface area contributed by atoms with E-state index in [4.69, 9.17) is 28.5 Å². The minimum absolute atomic E-state index is 0.0879. The van der Waals surface area contributed by atoms with Gasteiger partial charge in [-0.15, -0.1) is 0 Å². The van der Waals surface area contributed by atoms with Gasteiger partial charge in [-0.05, 0) is 48.0 Å². The molecule has 30 heavy (non-hydrogen) atoms. The van der Waals surface area contributed by atoms with Crippen LogP contribution in [0.25, 0.3) is 22.0 Å². The molecule has 0 aliphatic carbocycles. The first-order valence-corrected chi connectivity index (χ1v) is 10.8. The van der Waals surface area contributed by atoms with Crippen molar-refractivity contribution in [3.05, 3.63) is 88.3 Å². The van der Waals surface area contributed by atoms with Crippen molar-refractivity contribution < 1.29 is 12.8 Å². The SMILES string of the molecule is N#Cc1cc(S(=O)(=O)c2cnc3cc(Cl)ccc3c2-c2cccc(Cl)c2)ccc1F. The maximum absolute atomic E-state index is 13.7. The van der Waals surface area contributed by atoms with Gasteiger partial charge in [-0.3, -0.25) is 4.98 Å². The van der Waals surface area contributed by atoms with Crippen molar-refractivity contribution in [3.8, 4) is 17.2 Å². The molecule has 0 spiro atoms. The van der Waals surface area contributed by atoms with Crippen molar-refractivity contribution in [2.24, 2.45) is 0 Å². The number of benzene rings is 3. The monoisotopic (exact) mass is 456 g/mol. The van der Waals surface area contributed by atoms with Crippen LogP contribution < -0.4 is 0 Å². The highest BCUT2D eigenvalue weighted by molar-refractivity contribution is 7.91. The summed E-state index contributed by atoms with van der Waals surface area (Å²) in [6.45, 7) is 0. The standard InChI is InChI=1S/C22H11Cl2FN2O2S/c23-15-3-1-2-13(8-15)22-18-6-4-16(24)10-20(18)27-12-21(22)30(28,29)17-5-7-19(25)14(9-17)11-26/h1-10,12H. The van der Waals surface area contributed by atoms with Crippen molar-refractivity contribution in [2.75, 3.05) is 0 Å². The number of fused-ring (bicyclic) bond motifs is 1. The molecule has 0 atom stereocenters. The topological polar surface area (TPSA) is 70.8 Å². The number of hydrogen-bond donors (Lipinski definition) is 0. The van der Waals surface area contributed by atoms with Crippen LogP contribution in [0.5, 0.6) is 0 Å². The molecule has 0 aliphatic heterocycles. The number of hydrogen-bond acceptors (Lipinski definition) is 4. The summed E-state index contributed by atoms with van der Waals surface area (Å²) in [5.74, 6) is -0.794. The molecule has 0 aliphatic rings. The number of nitrogens with zero attached hydrogens (tertiary/aromatic N) is 2. The van der Waals surface area contributed by atoms with E-state index in [-0.39, 0.29) is 15.4 Å². The maximum Gasteiger partial charge on any atom is 0.208 e.